The van der Waals surface area contributed by atoms with Crippen molar-refractivity contribution in [2.45, 2.75) is 25.7 Å². The van der Waals surface area contributed by atoms with Crippen LogP contribution in [0.1, 0.15) is 34.6 Å². The van der Waals surface area contributed by atoms with E-state index in [1.54, 1.807) is 0 Å². The Morgan fingerprint density at radius 2 is 1.83 bits per heavy atom. The quantitative estimate of drug-likeness (QED) is 0.847. The lowest BCUT2D eigenvalue weighted by Gasteiger charge is -2.12. The first-order chi connectivity index (χ1) is 8.77. The Kier molecular flexibility index (Phi) is 2.67. The van der Waals surface area contributed by atoms with E-state index < -0.39 is 5.97 Å². The van der Waals surface area contributed by atoms with Crippen molar-refractivity contribution in [3.8, 4) is 11.1 Å². The summed E-state index contributed by atoms with van der Waals surface area (Å²) in [6.45, 7) is 0. The van der Waals surface area contributed by atoms with Gasteiger partial charge in [-0.2, -0.15) is 0 Å². The van der Waals surface area contributed by atoms with Crippen molar-refractivity contribution in [2.24, 2.45) is 0 Å². The summed E-state index contributed by atoms with van der Waals surface area (Å²) in [6.07, 6.45) is 4.22. The van der Waals surface area contributed by atoms with Crippen LogP contribution in [0.3, 0.4) is 0 Å². The molecule has 1 aromatic heterocycles. The highest BCUT2D eigenvalue weighted by molar-refractivity contribution is 5.96. The maximum atomic E-state index is 11.4. The lowest BCUT2D eigenvalue weighted by Crippen LogP contribution is -2.01. The molecule has 0 radical (unpaired) electrons. The second-order valence-electron chi connectivity index (χ2n) is 4.71. The van der Waals surface area contributed by atoms with E-state index in [0.717, 1.165) is 42.5 Å². The molecule has 3 heteroatoms. The average Bonchev–Trinajstić information content (AvgIpc) is 2.79. The number of aromatic amines is 1. The van der Waals surface area contributed by atoms with Crippen molar-refractivity contribution in [3.63, 3.8) is 0 Å². The van der Waals surface area contributed by atoms with Crippen molar-refractivity contribution < 1.29 is 9.90 Å². The molecule has 2 aromatic rings. The van der Waals surface area contributed by atoms with Crippen LogP contribution in [0.15, 0.2) is 30.3 Å². The number of benzene rings is 1. The first-order valence-corrected chi connectivity index (χ1v) is 6.30. The number of rotatable bonds is 2. The topological polar surface area (TPSA) is 53.1 Å². The molecule has 0 atom stereocenters. The number of aromatic nitrogens is 1. The molecule has 1 aliphatic carbocycles. The zero-order valence-electron chi connectivity index (χ0n) is 10.1. The van der Waals surface area contributed by atoms with Gasteiger partial charge in [0, 0.05) is 11.3 Å². The van der Waals surface area contributed by atoms with Gasteiger partial charge >= 0.3 is 5.97 Å². The van der Waals surface area contributed by atoms with Crippen molar-refractivity contribution in [2.75, 3.05) is 0 Å². The van der Waals surface area contributed by atoms with Crippen molar-refractivity contribution in [1.82, 2.24) is 4.98 Å². The summed E-state index contributed by atoms with van der Waals surface area (Å²) in [6, 6.07) is 9.80. The second-order valence-corrected chi connectivity index (χ2v) is 4.71. The summed E-state index contributed by atoms with van der Waals surface area (Å²) < 4.78 is 0. The fraction of sp³-hybridized carbons (Fsp3) is 0.267. The van der Waals surface area contributed by atoms with Gasteiger partial charge in [0.25, 0.3) is 0 Å². The molecule has 1 heterocycles. The molecule has 0 fully saturated rings. The zero-order chi connectivity index (χ0) is 12.5. The van der Waals surface area contributed by atoms with Crippen LogP contribution in [-0.2, 0) is 12.8 Å². The van der Waals surface area contributed by atoms with E-state index in [4.69, 9.17) is 0 Å². The van der Waals surface area contributed by atoms with Gasteiger partial charge in [0.2, 0.25) is 0 Å². The lowest BCUT2D eigenvalue weighted by atomic mass is 9.91. The van der Waals surface area contributed by atoms with E-state index in [1.807, 2.05) is 30.3 Å². The number of hydrogen-bond acceptors (Lipinski definition) is 1. The number of hydrogen-bond donors (Lipinski definition) is 2. The summed E-state index contributed by atoms with van der Waals surface area (Å²) >= 11 is 0. The van der Waals surface area contributed by atoms with Gasteiger partial charge in [-0.05, 0) is 36.8 Å². The molecule has 92 valence electrons. The Morgan fingerprint density at radius 3 is 2.56 bits per heavy atom. The number of carboxylic acids is 1. The van der Waals surface area contributed by atoms with E-state index >= 15 is 0 Å². The SMILES string of the molecule is O=C(O)c1[nH]c2c(c1-c1ccccc1)CCCC2. The molecule has 0 unspecified atom stereocenters. The smallest absolute Gasteiger partial charge is 0.352 e. The van der Waals surface area contributed by atoms with E-state index in [9.17, 15) is 9.90 Å². The Hall–Kier alpha value is -2.03. The van der Waals surface area contributed by atoms with Gasteiger partial charge in [0.15, 0.2) is 0 Å². The van der Waals surface area contributed by atoms with Gasteiger partial charge in [-0.25, -0.2) is 4.79 Å². The van der Waals surface area contributed by atoms with Crippen LogP contribution < -0.4 is 0 Å². The van der Waals surface area contributed by atoms with Crippen molar-refractivity contribution in [1.29, 1.82) is 0 Å². The molecule has 3 nitrogen and oxygen atoms in total. The molecular weight excluding hydrogens is 226 g/mol. The van der Waals surface area contributed by atoms with E-state index in [-0.39, 0.29) is 0 Å². The molecule has 1 aromatic carbocycles. The molecule has 0 saturated heterocycles. The van der Waals surface area contributed by atoms with Gasteiger partial charge in [-0.15, -0.1) is 0 Å². The molecule has 2 N–H and O–H groups in total. The van der Waals surface area contributed by atoms with Crippen LogP contribution in [0.5, 0.6) is 0 Å². The van der Waals surface area contributed by atoms with Gasteiger partial charge < -0.3 is 10.1 Å². The third kappa shape index (κ3) is 1.72. The standard InChI is InChI=1S/C15H15NO2/c17-15(18)14-13(10-6-2-1-3-7-10)11-8-4-5-9-12(11)16-14/h1-3,6-7,16H,4-5,8-9H2,(H,17,18). The minimum atomic E-state index is -0.872. The molecule has 18 heavy (non-hydrogen) atoms. The minimum absolute atomic E-state index is 0.341. The highest BCUT2D eigenvalue weighted by Crippen LogP contribution is 2.34. The fourth-order valence-electron chi connectivity index (χ4n) is 2.77. The van der Waals surface area contributed by atoms with Crippen LogP contribution >= 0.6 is 0 Å². The Labute approximate surface area is 105 Å². The largest absolute Gasteiger partial charge is 0.477 e. The number of carboxylic acid groups (broad SMARTS) is 1. The summed E-state index contributed by atoms with van der Waals surface area (Å²) in [7, 11) is 0. The number of nitrogens with one attached hydrogen (secondary N) is 1. The molecule has 0 spiro atoms. The number of carbonyl (C=O) groups is 1. The summed E-state index contributed by atoms with van der Waals surface area (Å²) in [5.74, 6) is -0.872. The number of aromatic carboxylic acids is 1. The van der Waals surface area contributed by atoms with E-state index in [0.29, 0.717) is 5.69 Å². The molecule has 0 aliphatic heterocycles. The fourth-order valence-corrected chi connectivity index (χ4v) is 2.77. The second kappa shape index (κ2) is 4.33. The van der Waals surface area contributed by atoms with Crippen LogP contribution in [0.4, 0.5) is 0 Å². The molecule has 0 saturated carbocycles. The Bertz CT molecular complexity index is 584. The summed E-state index contributed by atoms with van der Waals surface area (Å²) in [5, 5.41) is 9.34. The minimum Gasteiger partial charge on any atom is -0.477 e. The number of aryl methyl sites for hydroxylation is 1. The normalized spacial score (nSPS) is 14.2. The third-order valence-electron chi connectivity index (χ3n) is 3.57. The van der Waals surface area contributed by atoms with Gasteiger partial charge in [0.05, 0.1) is 0 Å². The average molecular weight is 241 g/mol. The van der Waals surface area contributed by atoms with Crippen LogP contribution in [0.2, 0.25) is 0 Å². The Balaban J connectivity index is 2.23. The lowest BCUT2D eigenvalue weighted by molar-refractivity contribution is 0.0692. The number of H-pyrrole nitrogens is 1. The molecule has 0 amide bonds. The zero-order valence-corrected chi connectivity index (χ0v) is 10.1. The monoisotopic (exact) mass is 241 g/mol. The van der Waals surface area contributed by atoms with Crippen molar-refractivity contribution in [3.05, 3.63) is 47.3 Å². The summed E-state index contributed by atoms with van der Waals surface area (Å²) in [5.41, 5.74) is 4.53. The van der Waals surface area contributed by atoms with E-state index in [2.05, 4.69) is 4.98 Å². The number of fused-ring (bicyclic) bond motifs is 1. The van der Waals surface area contributed by atoms with Gasteiger partial charge in [-0.1, -0.05) is 30.3 Å². The van der Waals surface area contributed by atoms with Gasteiger partial charge in [-0.3, -0.25) is 0 Å². The molecule has 0 bridgehead atoms. The maximum absolute atomic E-state index is 11.4. The van der Waals surface area contributed by atoms with Gasteiger partial charge in [0.1, 0.15) is 5.69 Å². The first kappa shape index (κ1) is 11.1. The van der Waals surface area contributed by atoms with E-state index in [1.165, 1.54) is 5.56 Å². The predicted molar refractivity (Wildman–Crippen MR) is 69.8 cm³/mol. The highest BCUT2D eigenvalue weighted by Gasteiger charge is 2.24. The molecule has 1 aliphatic rings. The third-order valence-corrected chi connectivity index (χ3v) is 3.57. The predicted octanol–water partition coefficient (Wildman–Crippen LogP) is 3.26. The van der Waals surface area contributed by atoms with Crippen LogP contribution in [0.25, 0.3) is 11.1 Å². The highest BCUT2D eigenvalue weighted by atomic mass is 16.4. The molecular formula is C15H15NO2. The molecule has 3 rings (SSSR count). The summed E-state index contributed by atoms with van der Waals surface area (Å²) in [4.78, 5) is 14.5. The van der Waals surface area contributed by atoms with Crippen LogP contribution in [-0.4, -0.2) is 16.1 Å². The first-order valence-electron chi connectivity index (χ1n) is 6.30. The van der Waals surface area contributed by atoms with Crippen LogP contribution in [0, 0.1) is 0 Å². The maximum Gasteiger partial charge on any atom is 0.352 e. The Morgan fingerprint density at radius 1 is 1.11 bits per heavy atom. The van der Waals surface area contributed by atoms with Crippen molar-refractivity contribution >= 4 is 5.97 Å².